The topological polar surface area (TPSA) is 83.4 Å². The summed E-state index contributed by atoms with van der Waals surface area (Å²) in [6.45, 7) is 1.74. The largest absolute Gasteiger partial charge is 0.326 e. The summed E-state index contributed by atoms with van der Waals surface area (Å²) in [5, 5.41) is 6.33. The highest BCUT2D eigenvalue weighted by Gasteiger charge is 2.37. The van der Waals surface area contributed by atoms with Crippen LogP contribution in [0.5, 0.6) is 0 Å². The Kier molecular flexibility index (Phi) is 7.10. The Morgan fingerprint density at radius 3 is 2.78 bits per heavy atom. The minimum atomic E-state index is -0.648. The Hall–Kier alpha value is -2.45. The van der Waals surface area contributed by atoms with Crippen LogP contribution in [0.25, 0.3) is 0 Å². The first-order valence-electron chi connectivity index (χ1n) is 10.7. The molecule has 1 aromatic carbocycles. The van der Waals surface area contributed by atoms with Gasteiger partial charge in [0, 0.05) is 48.0 Å². The standard InChI is InChI=1S/C23H27ClN4O3S/c1-32-9-8-19(22(30)25-18-5-2-4-17(24)11-18)26-23(31)27-12-15-10-16(14-27)20-6-3-7-21(29)28(20)13-15/h2-7,11,15-16,19H,8-10,12-14H2,1H3,(H,25,30)(H,26,31)/t15?,16?,19-/m0/s1. The van der Waals surface area contributed by atoms with Gasteiger partial charge >= 0.3 is 6.03 Å². The van der Waals surface area contributed by atoms with Gasteiger partial charge in [0.2, 0.25) is 5.91 Å². The van der Waals surface area contributed by atoms with E-state index in [2.05, 4.69) is 10.6 Å². The molecule has 2 aromatic rings. The summed E-state index contributed by atoms with van der Waals surface area (Å²) in [5.74, 6) is 0.850. The maximum atomic E-state index is 13.1. The minimum absolute atomic E-state index is 0.0184. The number of rotatable bonds is 6. The van der Waals surface area contributed by atoms with E-state index < -0.39 is 6.04 Å². The fraction of sp³-hybridized carbons (Fsp3) is 0.435. The molecular weight excluding hydrogens is 448 g/mol. The quantitative estimate of drug-likeness (QED) is 0.672. The molecule has 1 aromatic heterocycles. The zero-order valence-corrected chi connectivity index (χ0v) is 19.5. The van der Waals surface area contributed by atoms with Crippen molar-refractivity contribution in [1.29, 1.82) is 0 Å². The molecule has 2 aliphatic rings. The van der Waals surface area contributed by atoms with Crippen LogP contribution in [-0.2, 0) is 11.3 Å². The number of amides is 3. The van der Waals surface area contributed by atoms with Gasteiger partial charge < -0.3 is 20.1 Å². The van der Waals surface area contributed by atoms with Crippen LogP contribution < -0.4 is 16.2 Å². The van der Waals surface area contributed by atoms with Gasteiger partial charge in [-0.25, -0.2) is 4.79 Å². The zero-order valence-electron chi connectivity index (χ0n) is 17.9. The summed E-state index contributed by atoms with van der Waals surface area (Å²) in [5.41, 5.74) is 1.61. The maximum absolute atomic E-state index is 13.1. The van der Waals surface area contributed by atoms with E-state index in [1.54, 1.807) is 53.1 Å². The van der Waals surface area contributed by atoms with Crippen molar-refractivity contribution in [1.82, 2.24) is 14.8 Å². The van der Waals surface area contributed by atoms with Crippen LogP contribution in [0, 0.1) is 5.92 Å². The molecule has 4 rings (SSSR count). The monoisotopic (exact) mass is 474 g/mol. The van der Waals surface area contributed by atoms with Crippen LogP contribution in [0.4, 0.5) is 10.5 Å². The number of fused-ring (bicyclic) bond motifs is 4. The molecule has 1 fully saturated rings. The number of thioether (sulfide) groups is 1. The number of hydrogen-bond acceptors (Lipinski definition) is 4. The van der Waals surface area contributed by atoms with Crippen LogP contribution in [-0.4, -0.2) is 52.5 Å². The van der Waals surface area contributed by atoms with Gasteiger partial charge in [0.1, 0.15) is 6.04 Å². The molecule has 0 aliphatic carbocycles. The number of hydrogen-bond donors (Lipinski definition) is 2. The van der Waals surface area contributed by atoms with Gasteiger partial charge in [-0.2, -0.15) is 11.8 Å². The number of anilines is 1. The minimum Gasteiger partial charge on any atom is -0.326 e. The van der Waals surface area contributed by atoms with E-state index in [1.807, 2.05) is 16.9 Å². The lowest BCUT2D eigenvalue weighted by atomic mass is 9.83. The molecule has 7 nitrogen and oxygen atoms in total. The van der Waals surface area contributed by atoms with Crippen LogP contribution >= 0.6 is 23.4 Å². The van der Waals surface area contributed by atoms with Crippen molar-refractivity contribution in [3.05, 3.63) is 63.5 Å². The van der Waals surface area contributed by atoms with Gasteiger partial charge in [-0.1, -0.05) is 23.7 Å². The number of halogens is 1. The number of urea groups is 1. The third-order valence-electron chi connectivity index (χ3n) is 6.08. The molecule has 170 valence electrons. The molecule has 0 radical (unpaired) electrons. The van der Waals surface area contributed by atoms with Crippen molar-refractivity contribution in [3.63, 3.8) is 0 Å². The molecule has 0 saturated carbocycles. The molecule has 0 spiro atoms. The Labute approximate surface area is 196 Å². The molecule has 2 N–H and O–H groups in total. The van der Waals surface area contributed by atoms with Gasteiger partial charge in [-0.05, 0) is 55.0 Å². The third-order valence-corrected chi connectivity index (χ3v) is 6.96. The number of carbonyl (C=O) groups excluding carboxylic acids is 2. The van der Waals surface area contributed by atoms with Gasteiger partial charge in [-0.15, -0.1) is 0 Å². The highest BCUT2D eigenvalue weighted by Crippen LogP contribution is 2.34. The van der Waals surface area contributed by atoms with E-state index in [0.29, 0.717) is 36.8 Å². The number of benzene rings is 1. The summed E-state index contributed by atoms with van der Waals surface area (Å²) in [6, 6.07) is 11.4. The molecule has 32 heavy (non-hydrogen) atoms. The van der Waals surface area contributed by atoms with Gasteiger partial charge in [0.05, 0.1) is 0 Å². The second-order valence-electron chi connectivity index (χ2n) is 8.39. The Bertz CT molecular complexity index is 1060. The molecule has 3 amide bonds. The van der Waals surface area contributed by atoms with E-state index in [1.165, 1.54) is 0 Å². The Morgan fingerprint density at radius 2 is 2.00 bits per heavy atom. The van der Waals surface area contributed by atoms with Crippen LogP contribution in [0.3, 0.4) is 0 Å². The number of carbonyl (C=O) groups is 2. The van der Waals surface area contributed by atoms with E-state index in [-0.39, 0.29) is 29.3 Å². The average Bonchev–Trinajstić information content (AvgIpc) is 2.77. The predicted octanol–water partition coefficient (Wildman–Crippen LogP) is 3.39. The summed E-state index contributed by atoms with van der Waals surface area (Å²) in [6.07, 6.45) is 3.47. The first kappa shape index (κ1) is 22.7. The first-order chi connectivity index (χ1) is 15.4. The molecule has 3 heterocycles. The zero-order chi connectivity index (χ0) is 22.7. The van der Waals surface area contributed by atoms with Gasteiger partial charge in [0.15, 0.2) is 0 Å². The first-order valence-corrected chi connectivity index (χ1v) is 12.5. The number of pyridine rings is 1. The number of nitrogens with one attached hydrogen (secondary N) is 2. The number of piperidine rings is 1. The second kappa shape index (κ2) is 10.0. The van der Waals surface area contributed by atoms with Gasteiger partial charge in [-0.3, -0.25) is 9.59 Å². The molecule has 3 atom stereocenters. The van der Waals surface area contributed by atoms with Crippen molar-refractivity contribution in [2.45, 2.75) is 31.3 Å². The summed E-state index contributed by atoms with van der Waals surface area (Å²) in [4.78, 5) is 40.0. The summed E-state index contributed by atoms with van der Waals surface area (Å²) in [7, 11) is 0. The van der Waals surface area contributed by atoms with E-state index in [9.17, 15) is 14.4 Å². The third kappa shape index (κ3) is 5.13. The highest BCUT2D eigenvalue weighted by molar-refractivity contribution is 7.98. The fourth-order valence-electron chi connectivity index (χ4n) is 4.60. The van der Waals surface area contributed by atoms with Crippen molar-refractivity contribution < 1.29 is 9.59 Å². The van der Waals surface area contributed by atoms with Gasteiger partial charge in [0.25, 0.3) is 5.56 Å². The smallest absolute Gasteiger partial charge is 0.318 e. The van der Waals surface area contributed by atoms with Crippen molar-refractivity contribution in [2.24, 2.45) is 5.92 Å². The average molecular weight is 475 g/mol. The second-order valence-corrected chi connectivity index (χ2v) is 9.81. The normalized spacial score (nSPS) is 20.2. The predicted molar refractivity (Wildman–Crippen MR) is 129 cm³/mol. The number of likely N-dealkylation sites (tertiary alicyclic amines) is 1. The van der Waals surface area contributed by atoms with Crippen LogP contribution in [0.1, 0.15) is 24.5 Å². The highest BCUT2D eigenvalue weighted by atomic mass is 35.5. The molecule has 9 heteroatoms. The van der Waals surface area contributed by atoms with E-state index in [0.717, 1.165) is 17.9 Å². The Balaban J connectivity index is 1.44. The lowest BCUT2D eigenvalue weighted by Gasteiger charge is -2.43. The van der Waals surface area contributed by atoms with Crippen LogP contribution in [0.2, 0.25) is 5.02 Å². The molecule has 2 bridgehead atoms. The summed E-state index contributed by atoms with van der Waals surface area (Å²) >= 11 is 7.64. The van der Waals surface area contributed by atoms with E-state index >= 15 is 0 Å². The van der Waals surface area contributed by atoms with Crippen molar-refractivity contribution in [2.75, 3.05) is 30.4 Å². The molecular formula is C23H27ClN4O3S. The van der Waals surface area contributed by atoms with Crippen LogP contribution in [0.15, 0.2) is 47.3 Å². The lowest BCUT2D eigenvalue weighted by Crippen LogP contribution is -2.55. The molecule has 2 unspecified atom stereocenters. The maximum Gasteiger partial charge on any atom is 0.318 e. The lowest BCUT2D eigenvalue weighted by molar-refractivity contribution is -0.118. The SMILES string of the molecule is CSCC[C@H](NC(=O)N1CC2CC(C1)c1cccc(=O)n1C2)C(=O)Nc1cccc(Cl)c1. The van der Waals surface area contributed by atoms with E-state index in [4.69, 9.17) is 11.6 Å². The number of nitrogens with zero attached hydrogens (tertiary/aromatic N) is 2. The summed E-state index contributed by atoms with van der Waals surface area (Å²) < 4.78 is 1.84. The Morgan fingerprint density at radius 1 is 1.19 bits per heavy atom. The van der Waals surface area contributed by atoms with Crippen molar-refractivity contribution in [3.8, 4) is 0 Å². The fourth-order valence-corrected chi connectivity index (χ4v) is 5.26. The molecule has 2 aliphatic heterocycles. The molecule has 1 saturated heterocycles. The number of aromatic nitrogens is 1. The van der Waals surface area contributed by atoms with Crippen molar-refractivity contribution >= 4 is 41.0 Å².